The normalized spacial score (nSPS) is 18.6. The van der Waals surface area contributed by atoms with Gasteiger partial charge in [0.2, 0.25) is 10.0 Å². The van der Waals surface area contributed by atoms with Gasteiger partial charge < -0.3 is 10.6 Å². The summed E-state index contributed by atoms with van der Waals surface area (Å²) in [6.45, 7) is 0. The van der Waals surface area contributed by atoms with Crippen molar-refractivity contribution in [3.05, 3.63) is 54.1 Å². The van der Waals surface area contributed by atoms with E-state index >= 15 is 0 Å². The van der Waals surface area contributed by atoms with E-state index in [0.717, 1.165) is 12.1 Å². The van der Waals surface area contributed by atoms with Crippen LogP contribution >= 0.6 is 0 Å². The summed E-state index contributed by atoms with van der Waals surface area (Å²) in [5, 5.41) is 5.04. The maximum atomic E-state index is 13.1. The molecule has 9 heteroatoms. The van der Waals surface area contributed by atoms with E-state index in [9.17, 15) is 22.0 Å². The Bertz CT molecular complexity index is 887. The molecule has 0 fully saturated rings. The van der Waals surface area contributed by atoms with Crippen LogP contribution < -0.4 is 15.4 Å². The molecule has 1 heterocycles. The minimum atomic E-state index is -3.85. The molecule has 23 heavy (non-hydrogen) atoms. The molecular weight excluding hydrogens is 328 g/mol. The van der Waals surface area contributed by atoms with Gasteiger partial charge in [0.05, 0.1) is 5.69 Å². The fourth-order valence-corrected chi connectivity index (χ4v) is 3.41. The van der Waals surface area contributed by atoms with E-state index in [-0.39, 0.29) is 16.3 Å². The molecule has 0 aromatic heterocycles. The van der Waals surface area contributed by atoms with Crippen molar-refractivity contribution in [2.24, 2.45) is 0 Å². The molecule has 2 aromatic carbocycles. The van der Waals surface area contributed by atoms with Gasteiger partial charge in [0.25, 0.3) is 5.91 Å². The molecule has 0 saturated heterocycles. The van der Waals surface area contributed by atoms with Crippen molar-refractivity contribution >= 4 is 27.3 Å². The van der Waals surface area contributed by atoms with E-state index in [4.69, 9.17) is 0 Å². The number of anilines is 2. The SMILES string of the molecule is O=C(Nc1ccc(F)c(F)c1)C1Nc2ccccc2S(=O)(=O)N1. The first-order chi connectivity index (χ1) is 10.9. The van der Waals surface area contributed by atoms with Gasteiger partial charge in [-0.2, -0.15) is 4.72 Å². The third-order valence-electron chi connectivity index (χ3n) is 3.20. The van der Waals surface area contributed by atoms with E-state index < -0.39 is 33.7 Å². The number of carbonyl (C=O) groups excluding carboxylic acids is 1. The molecule has 1 aliphatic heterocycles. The van der Waals surface area contributed by atoms with Crippen molar-refractivity contribution in [2.45, 2.75) is 11.1 Å². The largest absolute Gasteiger partial charge is 0.360 e. The zero-order valence-electron chi connectivity index (χ0n) is 11.5. The van der Waals surface area contributed by atoms with Crippen LogP contribution in [0.2, 0.25) is 0 Å². The first-order valence-electron chi connectivity index (χ1n) is 6.51. The highest BCUT2D eigenvalue weighted by molar-refractivity contribution is 7.89. The Balaban J connectivity index is 1.83. The summed E-state index contributed by atoms with van der Waals surface area (Å²) < 4.78 is 52.4. The number of para-hydroxylation sites is 1. The summed E-state index contributed by atoms with van der Waals surface area (Å²) in [7, 11) is -3.85. The minimum Gasteiger partial charge on any atom is -0.360 e. The summed E-state index contributed by atoms with van der Waals surface area (Å²) >= 11 is 0. The molecule has 2 aromatic rings. The third kappa shape index (κ3) is 3.01. The van der Waals surface area contributed by atoms with E-state index in [1.54, 1.807) is 12.1 Å². The van der Waals surface area contributed by atoms with E-state index in [2.05, 4.69) is 15.4 Å². The summed E-state index contributed by atoms with van der Waals surface area (Å²) in [5.41, 5.74) is 0.283. The number of carbonyl (C=O) groups is 1. The van der Waals surface area contributed by atoms with Crippen LogP contribution in [0.3, 0.4) is 0 Å². The number of fused-ring (bicyclic) bond motifs is 1. The second-order valence-corrected chi connectivity index (χ2v) is 6.50. The number of rotatable bonds is 2. The summed E-state index contributed by atoms with van der Waals surface area (Å²) in [6, 6.07) is 8.93. The highest BCUT2D eigenvalue weighted by Crippen LogP contribution is 2.25. The highest BCUT2D eigenvalue weighted by atomic mass is 32.2. The Morgan fingerprint density at radius 2 is 1.83 bits per heavy atom. The first-order valence-corrected chi connectivity index (χ1v) is 7.99. The second kappa shape index (κ2) is 5.60. The molecule has 6 nitrogen and oxygen atoms in total. The number of sulfonamides is 1. The number of hydrogen-bond donors (Lipinski definition) is 3. The zero-order chi connectivity index (χ0) is 16.6. The number of hydrogen-bond acceptors (Lipinski definition) is 4. The van der Waals surface area contributed by atoms with Gasteiger partial charge in [-0.05, 0) is 24.3 Å². The molecule has 0 saturated carbocycles. The third-order valence-corrected chi connectivity index (χ3v) is 4.68. The Morgan fingerprint density at radius 3 is 2.57 bits per heavy atom. The molecule has 3 rings (SSSR count). The lowest BCUT2D eigenvalue weighted by Crippen LogP contribution is -2.51. The van der Waals surface area contributed by atoms with Crippen LogP contribution in [0.5, 0.6) is 0 Å². The Labute approximate surface area is 130 Å². The molecule has 1 aliphatic rings. The van der Waals surface area contributed by atoms with Gasteiger partial charge in [-0.15, -0.1) is 0 Å². The van der Waals surface area contributed by atoms with Crippen LogP contribution in [-0.4, -0.2) is 20.5 Å². The minimum absolute atomic E-state index is 0.00811. The quantitative estimate of drug-likeness (QED) is 0.776. The van der Waals surface area contributed by atoms with Crippen molar-refractivity contribution in [3.63, 3.8) is 0 Å². The molecule has 0 bridgehead atoms. The molecule has 0 spiro atoms. The Hall–Kier alpha value is -2.52. The van der Waals surface area contributed by atoms with Crippen LogP contribution in [0.4, 0.5) is 20.2 Å². The van der Waals surface area contributed by atoms with Crippen molar-refractivity contribution in [1.29, 1.82) is 0 Å². The fraction of sp³-hybridized carbons (Fsp3) is 0.0714. The van der Waals surface area contributed by atoms with E-state index in [1.165, 1.54) is 18.2 Å². The predicted molar refractivity (Wildman–Crippen MR) is 79.2 cm³/mol. The summed E-state index contributed by atoms with van der Waals surface area (Å²) in [5.74, 6) is -2.92. The molecule has 120 valence electrons. The summed E-state index contributed by atoms with van der Waals surface area (Å²) in [6.07, 6.45) is -1.27. The van der Waals surface area contributed by atoms with E-state index in [0.29, 0.717) is 0 Å². The van der Waals surface area contributed by atoms with Gasteiger partial charge in [-0.1, -0.05) is 12.1 Å². The van der Waals surface area contributed by atoms with Gasteiger partial charge in [0.1, 0.15) is 4.90 Å². The maximum absolute atomic E-state index is 13.1. The zero-order valence-corrected chi connectivity index (χ0v) is 12.3. The lowest BCUT2D eigenvalue weighted by molar-refractivity contribution is -0.117. The lowest BCUT2D eigenvalue weighted by atomic mass is 10.2. The van der Waals surface area contributed by atoms with Gasteiger partial charge in [0.15, 0.2) is 17.8 Å². The lowest BCUT2D eigenvalue weighted by Gasteiger charge is -2.27. The van der Waals surface area contributed by atoms with Gasteiger partial charge in [-0.25, -0.2) is 17.2 Å². The second-order valence-electron chi connectivity index (χ2n) is 4.81. The van der Waals surface area contributed by atoms with Crippen LogP contribution in [0, 0.1) is 11.6 Å². The average Bonchev–Trinajstić information content (AvgIpc) is 2.50. The number of benzene rings is 2. The average molecular weight is 339 g/mol. The number of amides is 1. The monoisotopic (exact) mass is 339 g/mol. The van der Waals surface area contributed by atoms with Crippen LogP contribution in [0.15, 0.2) is 47.4 Å². The van der Waals surface area contributed by atoms with Crippen LogP contribution in [-0.2, 0) is 14.8 Å². The van der Waals surface area contributed by atoms with Gasteiger partial charge >= 0.3 is 0 Å². The van der Waals surface area contributed by atoms with E-state index in [1.807, 2.05) is 0 Å². The Kier molecular flexibility index (Phi) is 3.74. The predicted octanol–water partition coefficient (Wildman–Crippen LogP) is 1.63. The van der Waals surface area contributed by atoms with Crippen LogP contribution in [0.25, 0.3) is 0 Å². The number of halogens is 2. The molecule has 0 aliphatic carbocycles. The standard InChI is InChI=1S/C14H11F2N3O3S/c15-9-6-5-8(7-10(9)16)17-14(20)13-18-11-3-1-2-4-12(11)23(21,22)19-13/h1-7,13,18-19H,(H,17,20). The molecule has 0 radical (unpaired) electrons. The topological polar surface area (TPSA) is 87.3 Å². The molecule has 1 unspecified atom stereocenters. The molecule has 1 amide bonds. The van der Waals surface area contributed by atoms with Gasteiger partial charge in [-0.3, -0.25) is 4.79 Å². The molecular formula is C14H11F2N3O3S. The molecule has 3 N–H and O–H groups in total. The molecule has 1 atom stereocenters. The van der Waals surface area contributed by atoms with Crippen molar-refractivity contribution < 1.29 is 22.0 Å². The first kappa shape index (κ1) is 15.4. The Morgan fingerprint density at radius 1 is 1.09 bits per heavy atom. The maximum Gasteiger partial charge on any atom is 0.262 e. The van der Waals surface area contributed by atoms with Crippen LogP contribution in [0.1, 0.15) is 0 Å². The van der Waals surface area contributed by atoms with Gasteiger partial charge in [0, 0.05) is 11.8 Å². The smallest absolute Gasteiger partial charge is 0.262 e. The highest BCUT2D eigenvalue weighted by Gasteiger charge is 2.32. The number of nitrogens with one attached hydrogen (secondary N) is 3. The fourth-order valence-electron chi connectivity index (χ4n) is 2.13. The van der Waals surface area contributed by atoms with Crippen molar-refractivity contribution in [1.82, 2.24) is 4.72 Å². The van der Waals surface area contributed by atoms with Crippen molar-refractivity contribution in [3.8, 4) is 0 Å². The van der Waals surface area contributed by atoms with Crippen molar-refractivity contribution in [2.75, 3.05) is 10.6 Å². The summed E-state index contributed by atoms with van der Waals surface area (Å²) in [4.78, 5) is 12.2.